The molecule has 18 heavy (non-hydrogen) atoms. The van der Waals surface area contributed by atoms with Crippen molar-refractivity contribution in [3.63, 3.8) is 0 Å². The third kappa shape index (κ3) is 3.95. The number of carbonyl (C=O) groups is 1. The van der Waals surface area contributed by atoms with Gasteiger partial charge in [-0.1, -0.05) is 27.7 Å². The smallest absolute Gasteiger partial charge is 0.228 e. The summed E-state index contributed by atoms with van der Waals surface area (Å²) in [6.45, 7) is 13.8. The number of hydrogen-bond acceptors (Lipinski definition) is 3. The lowest BCUT2D eigenvalue weighted by Gasteiger charge is -2.39. The van der Waals surface area contributed by atoms with Crippen molar-refractivity contribution in [1.29, 1.82) is 0 Å². The maximum absolute atomic E-state index is 12.3. The number of hydrogen-bond donors (Lipinski definition) is 1. The molecule has 1 heterocycles. The van der Waals surface area contributed by atoms with Gasteiger partial charge in [0.05, 0.1) is 0 Å². The van der Waals surface area contributed by atoms with E-state index in [9.17, 15) is 4.79 Å². The Morgan fingerprint density at radius 3 is 2.28 bits per heavy atom. The Balaban J connectivity index is 2.42. The topological polar surface area (TPSA) is 49.6 Å². The van der Waals surface area contributed by atoms with Crippen molar-refractivity contribution in [3.05, 3.63) is 0 Å². The van der Waals surface area contributed by atoms with Crippen LogP contribution < -0.4 is 5.73 Å². The highest BCUT2D eigenvalue weighted by Gasteiger charge is 2.32. The van der Waals surface area contributed by atoms with E-state index in [1.54, 1.807) is 0 Å². The minimum Gasteiger partial charge on any atom is -0.340 e. The molecule has 0 aromatic heterocycles. The Kier molecular flexibility index (Phi) is 5.60. The summed E-state index contributed by atoms with van der Waals surface area (Å²) in [6.07, 6.45) is 0.899. The molecular formula is C14H29N3O. The number of nitrogens with two attached hydrogens (primary N) is 1. The first-order valence-electron chi connectivity index (χ1n) is 7.12. The lowest BCUT2D eigenvalue weighted by Crippen LogP contribution is -2.52. The Morgan fingerprint density at radius 1 is 1.28 bits per heavy atom. The summed E-state index contributed by atoms with van der Waals surface area (Å²) < 4.78 is 0. The molecule has 0 radical (unpaired) electrons. The van der Waals surface area contributed by atoms with Gasteiger partial charge in [-0.2, -0.15) is 0 Å². The number of piperazine rings is 1. The minimum absolute atomic E-state index is 0.216. The molecule has 0 aliphatic carbocycles. The SMILES string of the molecule is CCC(C)(C)C(=O)N1CCN(CC(C)CN)CC1. The summed E-state index contributed by atoms with van der Waals surface area (Å²) in [7, 11) is 0. The molecule has 0 aromatic carbocycles. The van der Waals surface area contributed by atoms with Gasteiger partial charge in [0.15, 0.2) is 0 Å². The molecule has 4 nitrogen and oxygen atoms in total. The molecule has 4 heteroatoms. The fourth-order valence-electron chi connectivity index (χ4n) is 2.23. The zero-order valence-electron chi connectivity index (χ0n) is 12.4. The molecule has 0 saturated carbocycles. The molecule has 1 saturated heterocycles. The molecular weight excluding hydrogens is 226 g/mol. The predicted molar refractivity (Wildman–Crippen MR) is 75.3 cm³/mol. The normalized spacial score (nSPS) is 19.9. The maximum Gasteiger partial charge on any atom is 0.228 e. The van der Waals surface area contributed by atoms with Gasteiger partial charge in [-0.05, 0) is 18.9 Å². The number of rotatable bonds is 5. The Hall–Kier alpha value is -0.610. The van der Waals surface area contributed by atoms with E-state index in [2.05, 4.69) is 18.7 Å². The zero-order valence-corrected chi connectivity index (χ0v) is 12.4. The number of carbonyl (C=O) groups excluding carboxylic acids is 1. The summed E-state index contributed by atoms with van der Waals surface area (Å²) in [5.74, 6) is 0.843. The van der Waals surface area contributed by atoms with Crippen LogP contribution in [-0.4, -0.2) is 55.0 Å². The quantitative estimate of drug-likeness (QED) is 0.802. The van der Waals surface area contributed by atoms with E-state index in [4.69, 9.17) is 5.73 Å². The summed E-state index contributed by atoms with van der Waals surface area (Å²) >= 11 is 0. The molecule has 1 fully saturated rings. The average Bonchev–Trinajstić information content (AvgIpc) is 2.38. The molecule has 1 aliphatic rings. The molecule has 1 unspecified atom stereocenters. The van der Waals surface area contributed by atoms with Crippen molar-refractivity contribution < 1.29 is 4.79 Å². The minimum atomic E-state index is -0.216. The fraction of sp³-hybridized carbons (Fsp3) is 0.929. The predicted octanol–water partition coefficient (Wildman–Crippen LogP) is 1.16. The van der Waals surface area contributed by atoms with E-state index in [-0.39, 0.29) is 5.41 Å². The second kappa shape index (κ2) is 6.53. The van der Waals surface area contributed by atoms with Gasteiger partial charge < -0.3 is 10.6 Å². The van der Waals surface area contributed by atoms with E-state index in [1.165, 1.54) is 0 Å². The van der Waals surface area contributed by atoms with Crippen LogP contribution in [0.2, 0.25) is 0 Å². The fourth-order valence-corrected chi connectivity index (χ4v) is 2.23. The lowest BCUT2D eigenvalue weighted by molar-refractivity contribution is -0.142. The first kappa shape index (κ1) is 15.4. The van der Waals surface area contributed by atoms with Gasteiger partial charge in [0.2, 0.25) is 5.91 Å². The van der Waals surface area contributed by atoms with Gasteiger partial charge in [-0.3, -0.25) is 9.69 Å². The van der Waals surface area contributed by atoms with Gasteiger partial charge >= 0.3 is 0 Å². The van der Waals surface area contributed by atoms with Crippen LogP contribution in [0.15, 0.2) is 0 Å². The van der Waals surface area contributed by atoms with Crippen LogP contribution in [0.1, 0.15) is 34.1 Å². The Labute approximate surface area is 111 Å². The summed E-state index contributed by atoms with van der Waals surface area (Å²) in [5.41, 5.74) is 5.43. The van der Waals surface area contributed by atoms with Crippen molar-refractivity contribution in [2.24, 2.45) is 17.1 Å². The van der Waals surface area contributed by atoms with Gasteiger partial charge in [-0.15, -0.1) is 0 Å². The lowest BCUT2D eigenvalue weighted by atomic mass is 9.88. The van der Waals surface area contributed by atoms with Gasteiger partial charge in [0, 0.05) is 38.1 Å². The van der Waals surface area contributed by atoms with Crippen molar-refractivity contribution in [1.82, 2.24) is 9.80 Å². The molecule has 2 N–H and O–H groups in total. The van der Waals surface area contributed by atoms with Crippen LogP contribution in [0.4, 0.5) is 0 Å². The maximum atomic E-state index is 12.3. The third-order valence-electron chi connectivity index (χ3n) is 4.09. The van der Waals surface area contributed by atoms with Gasteiger partial charge in [0.25, 0.3) is 0 Å². The van der Waals surface area contributed by atoms with E-state index in [0.717, 1.165) is 45.7 Å². The zero-order chi connectivity index (χ0) is 13.8. The van der Waals surface area contributed by atoms with Crippen molar-refractivity contribution >= 4 is 5.91 Å². The highest BCUT2D eigenvalue weighted by Crippen LogP contribution is 2.23. The Morgan fingerprint density at radius 2 is 1.83 bits per heavy atom. The van der Waals surface area contributed by atoms with Crippen LogP contribution in [-0.2, 0) is 4.79 Å². The highest BCUT2D eigenvalue weighted by molar-refractivity contribution is 5.82. The second-order valence-corrected chi connectivity index (χ2v) is 6.17. The van der Waals surface area contributed by atoms with Crippen LogP contribution in [0.3, 0.4) is 0 Å². The van der Waals surface area contributed by atoms with E-state index < -0.39 is 0 Å². The molecule has 0 bridgehead atoms. The standard InChI is InChI=1S/C14H29N3O/c1-5-14(3,4)13(18)17-8-6-16(7-9-17)11-12(2)10-15/h12H,5-11,15H2,1-4H3. The summed E-state index contributed by atoms with van der Waals surface area (Å²) in [6, 6.07) is 0. The molecule has 1 atom stereocenters. The molecule has 1 rings (SSSR count). The first-order valence-corrected chi connectivity index (χ1v) is 7.12. The molecule has 1 amide bonds. The van der Waals surface area contributed by atoms with Gasteiger partial charge in [-0.25, -0.2) is 0 Å². The molecule has 0 aromatic rings. The van der Waals surface area contributed by atoms with E-state index in [1.807, 2.05) is 18.7 Å². The van der Waals surface area contributed by atoms with E-state index in [0.29, 0.717) is 11.8 Å². The molecule has 106 valence electrons. The van der Waals surface area contributed by atoms with Crippen molar-refractivity contribution in [2.45, 2.75) is 34.1 Å². The average molecular weight is 255 g/mol. The molecule has 0 spiro atoms. The van der Waals surface area contributed by atoms with Crippen LogP contribution >= 0.6 is 0 Å². The summed E-state index contributed by atoms with van der Waals surface area (Å²) in [5, 5.41) is 0. The van der Waals surface area contributed by atoms with Crippen molar-refractivity contribution in [2.75, 3.05) is 39.3 Å². The van der Waals surface area contributed by atoms with Gasteiger partial charge in [0.1, 0.15) is 0 Å². The third-order valence-corrected chi connectivity index (χ3v) is 4.09. The number of amides is 1. The molecule has 1 aliphatic heterocycles. The summed E-state index contributed by atoms with van der Waals surface area (Å²) in [4.78, 5) is 16.8. The highest BCUT2D eigenvalue weighted by atomic mass is 16.2. The number of nitrogens with zero attached hydrogens (tertiary/aromatic N) is 2. The Bertz CT molecular complexity index is 270. The van der Waals surface area contributed by atoms with E-state index >= 15 is 0 Å². The van der Waals surface area contributed by atoms with Crippen molar-refractivity contribution in [3.8, 4) is 0 Å². The first-order chi connectivity index (χ1) is 8.40. The van der Waals surface area contributed by atoms with Crippen LogP contribution in [0.5, 0.6) is 0 Å². The largest absolute Gasteiger partial charge is 0.340 e. The second-order valence-electron chi connectivity index (χ2n) is 6.17. The van der Waals surface area contributed by atoms with Crippen LogP contribution in [0, 0.1) is 11.3 Å². The van der Waals surface area contributed by atoms with Crippen LogP contribution in [0.25, 0.3) is 0 Å². The monoisotopic (exact) mass is 255 g/mol.